The first-order valence-corrected chi connectivity index (χ1v) is 10.2. The number of carbonyl (C=O) groups excluding carboxylic acids is 2. The molecule has 1 aliphatic heterocycles. The van der Waals surface area contributed by atoms with Crippen molar-refractivity contribution in [2.75, 3.05) is 36.8 Å². The van der Waals surface area contributed by atoms with Gasteiger partial charge in [0, 0.05) is 29.3 Å². The average Bonchev–Trinajstić information content (AvgIpc) is 3.19. The van der Waals surface area contributed by atoms with Crippen LogP contribution in [0.4, 0.5) is 11.4 Å². The summed E-state index contributed by atoms with van der Waals surface area (Å²) in [6.07, 6.45) is 1.91. The topological polar surface area (TPSA) is 78.7 Å². The van der Waals surface area contributed by atoms with Gasteiger partial charge in [0.05, 0.1) is 19.6 Å². The minimum Gasteiger partial charge on any atom is -0.398 e. The van der Waals surface area contributed by atoms with Crippen LogP contribution in [0, 0.1) is 0 Å². The van der Waals surface area contributed by atoms with Gasteiger partial charge in [-0.25, -0.2) is 0 Å². The number of hydrogen-bond donors (Lipinski definition) is 2. The summed E-state index contributed by atoms with van der Waals surface area (Å²) in [5.74, 6) is -0.180. The summed E-state index contributed by atoms with van der Waals surface area (Å²) in [5.41, 5.74) is 9.02. The van der Waals surface area contributed by atoms with E-state index in [1.165, 1.54) is 0 Å². The lowest BCUT2D eigenvalue weighted by molar-refractivity contribution is -0.134. The van der Waals surface area contributed by atoms with Crippen LogP contribution in [0.3, 0.4) is 0 Å². The molecule has 0 atom stereocenters. The fourth-order valence-electron chi connectivity index (χ4n) is 3.36. The molecule has 6 nitrogen and oxygen atoms in total. The second-order valence-electron chi connectivity index (χ2n) is 6.63. The number of fused-ring (bicyclic) bond motifs is 1. The van der Waals surface area contributed by atoms with Crippen LogP contribution in [-0.2, 0) is 22.6 Å². The molecular formula is C20H26N4O2S. The van der Waals surface area contributed by atoms with Crippen molar-refractivity contribution in [3.8, 4) is 0 Å². The van der Waals surface area contributed by atoms with Gasteiger partial charge >= 0.3 is 0 Å². The Bertz CT molecular complexity index is 791. The SMILES string of the molecule is CCN(CC(=O)NCc1cccs1)C(=O)CN1CCCc2c(N)cccc21. The molecule has 0 spiro atoms. The Balaban J connectivity index is 1.57. The Hall–Kier alpha value is -2.54. The Kier molecular flexibility index (Phi) is 6.34. The van der Waals surface area contributed by atoms with E-state index in [0.29, 0.717) is 13.1 Å². The molecule has 0 bridgehead atoms. The standard InChI is InChI=1S/C20H26N4O2S/c1-2-23(13-19(25)22-12-15-6-5-11-27-15)20(26)14-24-10-4-7-16-17(21)8-3-9-18(16)24/h3,5-6,8-9,11H,2,4,7,10,12-14,21H2,1H3,(H,22,25). The van der Waals surface area contributed by atoms with Gasteiger partial charge in [-0.15, -0.1) is 11.3 Å². The van der Waals surface area contributed by atoms with Crippen LogP contribution in [0.25, 0.3) is 0 Å². The number of rotatable bonds is 7. The third-order valence-corrected chi connectivity index (χ3v) is 5.69. The molecule has 2 heterocycles. The second kappa shape index (κ2) is 8.90. The van der Waals surface area contributed by atoms with E-state index >= 15 is 0 Å². The smallest absolute Gasteiger partial charge is 0.242 e. The maximum atomic E-state index is 12.8. The molecule has 0 saturated carbocycles. The molecule has 1 aromatic heterocycles. The van der Waals surface area contributed by atoms with Crippen molar-refractivity contribution in [1.29, 1.82) is 0 Å². The van der Waals surface area contributed by atoms with Gasteiger partial charge in [-0.05, 0) is 48.9 Å². The summed E-state index contributed by atoms with van der Waals surface area (Å²) in [4.78, 5) is 29.8. The first-order valence-electron chi connectivity index (χ1n) is 9.27. The second-order valence-corrected chi connectivity index (χ2v) is 7.67. The van der Waals surface area contributed by atoms with E-state index < -0.39 is 0 Å². The summed E-state index contributed by atoms with van der Waals surface area (Å²) in [6, 6.07) is 9.78. The molecule has 7 heteroatoms. The number of benzene rings is 1. The summed E-state index contributed by atoms with van der Waals surface area (Å²) in [7, 11) is 0. The highest BCUT2D eigenvalue weighted by Crippen LogP contribution is 2.31. The summed E-state index contributed by atoms with van der Waals surface area (Å²) in [5, 5.41) is 4.86. The lowest BCUT2D eigenvalue weighted by Crippen LogP contribution is -2.46. The molecule has 0 unspecified atom stereocenters. The summed E-state index contributed by atoms with van der Waals surface area (Å²) >= 11 is 1.60. The third-order valence-electron chi connectivity index (χ3n) is 4.82. The molecule has 144 valence electrons. The van der Waals surface area contributed by atoms with Gasteiger partial charge in [-0.2, -0.15) is 0 Å². The highest BCUT2D eigenvalue weighted by atomic mass is 32.1. The van der Waals surface area contributed by atoms with E-state index in [-0.39, 0.29) is 24.9 Å². The van der Waals surface area contributed by atoms with Crippen molar-refractivity contribution in [3.05, 3.63) is 46.2 Å². The number of thiophene rings is 1. The van der Waals surface area contributed by atoms with Gasteiger partial charge in [0.2, 0.25) is 11.8 Å². The molecule has 0 radical (unpaired) electrons. The summed E-state index contributed by atoms with van der Waals surface area (Å²) < 4.78 is 0. The van der Waals surface area contributed by atoms with E-state index in [1.54, 1.807) is 16.2 Å². The molecule has 27 heavy (non-hydrogen) atoms. The molecule has 0 fully saturated rings. The Labute approximate surface area is 164 Å². The zero-order valence-corrected chi connectivity index (χ0v) is 16.4. The lowest BCUT2D eigenvalue weighted by Gasteiger charge is -2.33. The van der Waals surface area contributed by atoms with Crippen LogP contribution >= 0.6 is 11.3 Å². The van der Waals surface area contributed by atoms with Gasteiger partial charge in [-0.3, -0.25) is 9.59 Å². The maximum Gasteiger partial charge on any atom is 0.242 e. The molecule has 3 rings (SSSR count). The first-order chi connectivity index (χ1) is 13.1. The number of anilines is 2. The fraction of sp³-hybridized carbons (Fsp3) is 0.400. The molecule has 1 aromatic carbocycles. The average molecular weight is 387 g/mol. The van der Waals surface area contributed by atoms with Gasteiger partial charge in [0.15, 0.2) is 0 Å². The van der Waals surface area contributed by atoms with Gasteiger partial charge in [-0.1, -0.05) is 12.1 Å². The number of carbonyl (C=O) groups is 2. The Morgan fingerprint density at radius 3 is 2.89 bits per heavy atom. The van der Waals surface area contributed by atoms with Crippen LogP contribution in [0.5, 0.6) is 0 Å². The number of hydrogen-bond acceptors (Lipinski definition) is 5. The van der Waals surface area contributed by atoms with Gasteiger partial charge in [0.1, 0.15) is 0 Å². The van der Waals surface area contributed by atoms with Gasteiger partial charge < -0.3 is 20.9 Å². The fourth-order valence-corrected chi connectivity index (χ4v) is 4.00. The number of nitrogens with one attached hydrogen (secondary N) is 1. The van der Waals surface area contributed by atoms with Crippen molar-refractivity contribution in [3.63, 3.8) is 0 Å². The zero-order valence-electron chi connectivity index (χ0n) is 15.6. The summed E-state index contributed by atoms with van der Waals surface area (Å²) in [6.45, 7) is 4.07. The molecule has 2 aromatic rings. The number of nitrogens with two attached hydrogens (primary N) is 1. The van der Waals surface area contributed by atoms with Crippen LogP contribution in [0.2, 0.25) is 0 Å². The Morgan fingerprint density at radius 1 is 1.30 bits per heavy atom. The van der Waals surface area contributed by atoms with Crippen LogP contribution in [0.1, 0.15) is 23.8 Å². The van der Waals surface area contributed by atoms with E-state index in [1.807, 2.05) is 42.6 Å². The Morgan fingerprint density at radius 2 is 2.15 bits per heavy atom. The monoisotopic (exact) mass is 386 g/mol. The van der Waals surface area contributed by atoms with Crippen molar-refractivity contribution in [2.45, 2.75) is 26.3 Å². The van der Waals surface area contributed by atoms with E-state index in [0.717, 1.165) is 41.2 Å². The van der Waals surface area contributed by atoms with Crippen molar-refractivity contribution in [1.82, 2.24) is 10.2 Å². The van der Waals surface area contributed by atoms with Crippen molar-refractivity contribution >= 4 is 34.5 Å². The van der Waals surface area contributed by atoms with Crippen LogP contribution in [0.15, 0.2) is 35.7 Å². The normalized spacial score (nSPS) is 13.1. The van der Waals surface area contributed by atoms with E-state index in [2.05, 4.69) is 10.2 Å². The van der Waals surface area contributed by atoms with Crippen molar-refractivity contribution < 1.29 is 9.59 Å². The predicted molar refractivity (Wildman–Crippen MR) is 110 cm³/mol. The molecular weight excluding hydrogens is 360 g/mol. The zero-order chi connectivity index (χ0) is 19.2. The minimum absolute atomic E-state index is 0.0425. The van der Waals surface area contributed by atoms with Crippen LogP contribution in [-0.4, -0.2) is 42.9 Å². The van der Waals surface area contributed by atoms with Gasteiger partial charge in [0.25, 0.3) is 0 Å². The molecule has 3 N–H and O–H groups in total. The number of amides is 2. The number of nitrogens with zero attached hydrogens (tertiary/aromatic N) is 2. The maximum absolute atomic E-state index is 12.8. The predicted octanol–water partition coefficient (Wildman–Crippen LogP) is 2.25. The first kappa shape index (κ1) is 19.2. The molecule has 2 amide bonds. The van der Waals surface area contributed by atoms with Crippen molar-refractivity contribution in [2.24, 2.45) is 0 Å². The molecule has 1 aliphatic rings. The lowest BCUT2D eigenvalue weighted by atomic mass is 10.00. The molecule has 0 saturated heterocycles. The third kappa shape index (κ3) is 4.80. The van der Waals surface area contributed by atoms with E-state index in [4.69, 9.17) is 5.73 Å². The largest absolute Gasteiger partial charge is 0.398 e. The number of nitrogen functional groups attached to an aromatic ring is 1. The minimum atomic E-state index is -0.137. The highest BCUT2D eigenvalue weighted by Gasteiger charge is 2.23. The van der Waals surface area contributed by atoms with E-state index in [9.17, 15) is 9.59 Å². The molecule has 0 aliphatic carbocycles. The number of likely N-dealkylation sites (N-methyl/N-ethyl adjacent to an activating group) is 1. The quantitative estimate of drug-likeness (QED) is 0.716. The van der Waals surface area contributed by atoms with Crippen LogP contribution < -0.4 is 16.0 Å². The highest BCUT2D eigenvalue weighted by molar-refractivity contribution is 7.09.